The van der Waals surface area contributed by atoms with Gasteiger partial charge >= 0.3 is 0 Å². The van der Waals surface area contributed by atoms with Crippen molar-refractivity contribution in [2.45, 2.75) is 57.5 Å². The molecule has 2 bridgehead atoms. The third-order valence-electron chi connectivity index (χ3n) is 6.86. The van der Waals surface area contributed by atoms with E-state index in [1.54, 1.807) is 0 Å². The van der Waals surface area contributed by atoms with Crippen LogP contribution in [0.2, 0.25) is 0 Å². The van der Waals surface area contributed by atoms with E-state index < -0.39 is 5.54 Å². The maximum atomic E-state index is 13.7. The van der Waals surface area contributed by atoms with Gasteiger partial charge in [-0.15, -0.1) is 12.4 Å². The minimum Gasteiger partial charge on any atom is -0.299 e. The average molecular weight is 420 g/mol. The Balaban J connectivity index is 0.00000240. The van der Waals surface area contributed by atoms with Crippen LogP contribution in [0.3, 0.4) is 0 Å². The first-order valence-corrected chi connectivity index (χ1v) is 10.7. The molecule has 1 N–H and O–H groups in total. The van der Waals surface area contributed by atoms with Gasteiger partial charge in [0.1, 0.15) is 5.54 Å². The number of carbonyl (C=O) groups is 1. The van der Waals surface area contributed by atoms with Crippen molar-refractivity contribution >= 4 is 24.0 Å². The van der Waals surface area contributed by atoms with E-state index in [9.17, 15) is 4.79 Å². The Labute approximate surface area is 182 Å². The number of benzene rings is 1. The molecule has 2 fully saturated rings. The summed E-state index contributed by atoms with van der Waals surface area (Å²) in [7, 11) is 2.14. The van der Waals surface area contributed by atoms with Crippen LogP contribution in [0.25, 0.3) is 0 Å². The summed E-state index contributed by atoms with van der Waals surface area (Å²) >= 11 is 0. The van der Waals surface area contributed by atoms with Gasteiger partial charge in [-0.25, -0.2) is 0 Å². The number of para-hydroxylation sites is 1. The minimum atomic E-state index is -0.474. The number of hydrogen-bond acceptors (Lipinski definition) is 4. The number of hydrogen-bond donors (Lipinski definition) is 1. The molecule has 161 valence electrons. The molecule has 0 spiro atoms. The molecule has 3 heterocycles. The second-order valence-electron chi connectivity index (χ2n) is 10.0. The van der Waals surface area contributed by atoms with E-state index in [2.05, 4.69) is 85.7 Å². The van der Waals surface area contributed by atoms with E-state index in [0.29, 0.717) is 12.0 Å². The molecule has 1 radical (unpaired) electrons. The summed E-state index contributed by atoms with van der Waals surface area (Å²) < 4.78 is 0. The molecule has 2 unspecified atom stereocenters. The largest absolute Gasteiger partial charge is 0.299 e. The lowest BCUT2D eigenvalue weighted by Crippen LogP contribution is -2.73. The first kappa shape index (κ1) is 22.4. The normalized spacial score (nSPS) is 28.8. The van der Waals surface area contributed by atoms with Crippen molar-refractivity contribution in [1.82, 2.24) is 15.2 Å². The molecule has 2 saturated heterocycles. The molecular weight excluding hydrogens is 384 g/mol. The van der Waals surface area contributed by atoms with Crippen molar-refractivity contribution in [3.05, 3.63) is 36.2 Å². The number of likely N-dealkylation sites (N-methyl/N-ethyl adjacent to an activating group) is 1. The summed E-state index contributed by atoms with van der Waals surface area (Å²) in [5, 5.41) is 2.07. The van der Waals surface area contributed by atoms with E-state index >= 15 is 0 Å². The Bertz CT molecular complexity index is 752. The molecule has 2 atom stereocenters. The number of fused-ring (bicyclic) bond motifs is 3. The van der Waals surface area contributed by atoms with Crippen molar-refractivity contribution < 1.29 is 4.79 Å². The zero-order valence-corrected chi connectivity index (χ0v) is 19.3. The number of nitrogens with zero attached hydrogens (tertiary/aromatic N) is 3. The van der Waals surface area contributed by atoms with Gasteiger partial charge in [0.05, 0.1) is 5.69 Å². The SMILES string of the molecule is CC(C)CN1CC2C[CH]CC(C(=O)NN3CC(C)(C)c4ccccc43)(C1)N2C.Cl. The highest BCUT2D eigenvalue weighted by Crippen LogP contribution is 2.40. The van der Waals surface area contributed by atoms with Gasteiger partial charge in [0, 0.05) is 37.6 Å². The average Bonchev–Trinajstić information content (AvgIpc) is 2.86. The molecule has 1 aromatic carbocycles. The van der Waals surface area contributed by atoms with Crippen LogP contribution < -0.4 is 10.4 Å². The lowest BCUT2D eigenvalue weighted by Gasteiger charge is -2.55. The van der Waals surface area contributed by atoms with Gasteiger partial charge in [-0.2, -0.15) is 0 Å². The maximum Gasteiger partial charge on any atom is 0.260 e. The van der Waals surface area contributed by atoms with Crippen molar-refractivity contribution in [1.29, 1.82) is 0 Å². The highest BCUT2D eigenvalue weighted by molar-refractivity contribution is 5.89. The van der Waals surface area contributed by atoms with Gasteiger partial charge in [-0.3, -0.25) is 25.0 Å². The van der Waals surface area contributed by atoms with E-state index in [4.69, 9.17) is 0 Å². The Morgan fingerprint density at radius 2 is 1.97 bits per heavy atom. The number of halogens is 1. The molecule has 3 aliphatic heterocycles. The highest BCUT2D eigenvalue weighted by Gasteiger charge is 2.52. The first-order chi connectivity index (χ1) is 13.2. The fourth-order valence-corrected chi connectivity index (χ4v) is 5.43. The molecule has 4 rings (SSSR count). The zero-order valence-electron chi connectivity index (χ0n) is 18.4. The van der Waals surface area contributed by atoms with Crippen LogP contribution in [0.4, 0.5) is 5.69 Å². The smallest absolute Gasteiger partial charge is 0.260 e. The predicted molar refractivity (Wildman–Crippen MR) is 121 cm³/mol. The van der Waals surface area contributed by atoms with Crippen LogP contribution in [-0.2, 0) is 10.2 Å². The summed E-state index contributed by atoms with van der Waals surface area (Å²) in [6.07, 6.45) is 4.22. The lowest BCUT2D eigenvalue weighted by atomic mass is 9.79. The summed E-state index contributed by atoms with van der Waals surface area (Å²) in [5.74, 6) is 0.747. The maximum absolute atomic E-state index is 13.7. The Morgan fingerprint density at radius 1 is 1.24 bits per heavy atom. The molecule has 29 heavy (non-hydrogen) atoms. The summed E-state index contributed by atoms with van der Waals surface area (Å²) in [6.45, 7) is 12.7. The fraction of sp³-hybridized carbons (Fsp3) is 0.652. The number of piperidine rings is 1. The molecular formula is C23H36ClN4O. The van der Waals surface area contributed by atoms with Crippen LogP contribution in [0, 0.1) is 12.3 Å². The van der Waals surface area contributed by atoms with Gasteiger partial charge in [-0.05, 0) is 43.9 Å². The highest BCUT2D eigenvalue weighted by atomic mass is 35.5. The molecule has 1 aromatic rings. The second kappa shape index (κ2) is 8.09. The second-order valence-corrected chi connectivity index (χ2v) is 10.0. The number of anilines is 1. The van der Waals surface area contributed by atoms with E-state index in [-0.39, 0.29) is 23.7 Å². The van der Waals surface area contributed by atoms with Crippen molar-refractivity contribution in [2.75, 3.05) is 38.2 Å². The number of rotatable bonds is 4. The van der Waals surface area contributed by atoms with E-state index in [0.717, 1.165) is 44.7 Å². The standard InChI is InChI=1S/C23H35N4O.ClH/c1-17(2)13-26-14-18-9-8-12-23(16-26,25(18)5)21(28)24-27-15-22(3,4)19-10-6-7-11-20(19)27;/h6-8,10-11,17-18H,9,12-16H2,1-5H3,(H,24,28);1H. The summed E-state index contributed by atoms with van der Waals surface area (Å²) in [5.41, 5.74) is 5.31. The van der Waals surface area contributed by atoms with Crippen LogP contribution >= 0.6 is 12.4 Å². The molecule has 1 amide bonds. The van der Waals surface area contributed by atoms with Gasteiger partial charge in [-0.1, -0.05) is 45.9 Å². The number of piperazine rings is 1. The zero-order chi connectivity index (χ0) is 20.1. The predicted octanol–water partition coefficient (Wildman–Crippen LogP) is 3.25. The topological polar surface area (TPSA) is 38.8 Å². The monoisotopic (exact) mass is 419 g/mol. The number of amides is 1. The van der Waals surface area contributed by atoms with Crippen LogP contribution in [0.1, 0.15) is 46.1 Å². The van der Waals surface area contributed by atoms with Gasteiger partial charge in [0.15, 0.2) is 0 Å². The molecule has 6 heteroatoms. The number of hydrazine groups is 1. The van der Waals surface area contributed by atoms with Gasteiger partial charge in [0.25, 0.3) is 5.91 Å². The molecule has 5 nitrogen and oxygen atoms in total. The fourth-order valence-electron chi connectivity index (χ4n) is 5.43. The van der Waals surface area contributed by atoms with Crippen molar-refractivity contribution in [3.63, 3.8) is 0 Å². The third-order valence-corrected chi connectivity index (χ3v) is 6.86. The van der Waals surface area contributed by atoms with Crippen LogP contribution in [0.5, 0.6) is 0 Å². The number of nitrogens with one attached hydrogen (secondary N) is 1. The quantitative estimate of drug-likeness (QED) is 0.813. The van der Waals surface area contributed by atoms with Crippen LogP contribution in [-0.4, -0.2) is 60.5 Å². The summed E-state index contributed by atoms with van der Waals surface area (Å²) in [4.78, 5) is 18.6. The van der Waals surface area contributed by atoms with E-state index in [1.807, 2.05) is 0 Å². The molecule has 3 aliphatic rings. The Hall–Kier alpha value is -1.30. The first-order valence-electron chi connectivity index (χ1n) is 10.7. The third kappa shape index (κ3) is 3.89. The molecule has 0 saturated carbocycles. The molecule has 0 aliphatic carbocycles. The van der Waals surface area contributed by atoms with E-state index in [1.165, 1.54) is 5.56 Å². The van der Waals surface area contributed by atoms with Gasteiger partial charge in [0.2, 0.25) is 0 Å². The molecule has 0 aromatic heterocycles. The van der Waals surface area contributed by atoms with Crippen molar-refractivity contribution in [2.24, 2.45) is 5.92 Å². The Kier molecular flexibility index (Phi) is 6.24. The minimum absolute atomic E-state index is 0. The number of carbonyl (C=O) groups excluding carboxylic acids is 1. The lowest BCUT2D eigenvalue weighted by molar-refractivity contribution is -0.144. The summed E-state index contributed by atoms with van der Waals surface area (Å²) in [6, 6.07) is 8.87. The van der Waals surface area contributed by atoms with Crippen molar-refractivity contribution in [3.8, 4) is 0 Å². The van der Waals surface area contributed by atoms with Gasteiger partial charge < -0.3 is 0 Å². The number of likely N-dealkylation sites (tertiary alicyclic amines) is 1. The van der Waals surface area contributed by atoms with Crippen LogP contribution in [0.15, 0.2) is 24.3 Å². The Morgan fingerprint density at radius 3 is 2.69 bits per heavy atom.